The number of alkyl halides is 1. The number of hydrogen-bond donors (Lipinski definition) is 0. The second kappa shape index (κ2) is 4.34. The fraction of sp³-hybridized carbons (Fsp3) is 0.500. The molecule has 0 amide bonds. The summed E-state index contributed by atoms with van der Waals surface area (Å²) in [5.41, 5.74) is 3.70. The third kappa shape index (κ3) is 1.85. The van der Waals surface area contributed by atoms with Crippen LogP contribution in [0.5, 0.6) is 0 Å². The summed E-state index contributed by atoms with van der Waals surface area (Å²) in [4.78, 5) is 4.72. The molecule has 2 nitrogen and oxygen atoms in total. The fourth-order valence-electron chi connectivity index (χ4n) is 2.57. The van der Waals surface area contributed by atoms with E-state index < -0.39 is 0 Å². The van der Waals surface area contributed by atoms with Crippen molar-refractivity contribution in [3.8, 4) is 0 Å². The zero-order chi connectivity index (χ0) is 11.8. The summed E-state index contributed by atoms with van der Waals surface area (Å²) in [6, 6.07) is 7.15. The normalized spacial score (nSPS) is 16.4. The number of aromatic nitrogens is 2. The third-order valence-electron chi connectivity index (χ3n) is 3.68. The molecule has 1 aromatic carbocycles. The van der Waals surface area contributed by atoms with Crippen LogP contribution in [0.25, 0.3) is 11.0 Å². The van der Waals surface area contributed by atoms with E-state index in [-0.39, 0.29) is 0 Å². The third-order valence-corrected chi connectivity index (χ3v) is 3.86. The number of fused-ring (bicyclic) bond motifs is 1. The molecule has 0 radical (unpaired) electrons. The fourth-order valence-corrected chi connectivity index (χ4v) is 2.74. The molecule has 1 saturated carbocycles. The first kappa shape index (κ1) is 11.1. The summed E-state index contributed by atoms with van der Waals surface area (Å²) >= 11 is 5.88. The summed E-state index contributed by atoms with van der Waals surface area (Å²) in [6.45, 7) is 2.14. The van der Waals surface area contributed by atoms with E-state index in [1.807, 2.05) is 0 Å². The molecule has 1 heterocycles. The minimum absolute atomic E-state index is 0.648. The Bertz CT molecular complexity index is 540. The number of benzene rings is 1. The van der Waals surface area contributed by atoms with Gasteiger partial charge in [0.15, 0.2) is 0 Å². The lowest BCUT2D eigenvalue weighted by atomic mass is 9.92. The Morgan fingerprint density at radius 1 is 1.41 bits per heavy atom. The summed E-state index contributed by atoms with van der Waals surface area (Å²) < 4.78 is 2.42. The Kier molecular flexibility index (Phi) is 2.83. The second-order valence-electron chi connectivity index (χ2n) is 4.91. The molecule has 1 aliphatic carbocycles. The summed E-state index contributed by atoms with van der Waals surface area (Å²) in [5.74, 6) is 1.81. The Morgan fingerprint density at radius 3 is 2.88 bits per heavy atom. The lowest BCUT2D eigenvalue weighted by Gasteiger charge is -2.29. The van der Waals surface area contributed by atoms with Gasteiger partial charge in [-0.25, -0.2) is 4.98 Å². The van der Waals surface area contributed by atoms with Gasteiger partial charge < -0.3 is 4.57 Å². The van der Waals surface area contributed by atoms with E-state index in [0.29, 0.717) is 11.9 Å². The molecule has 0 aliphatic heterocycles. The van der Waals surface area contributed by atoms with Crippen molar-refractivity contribution in [2.75, 3.05) is 5.88 Å². The summed E-state index contributed by atoms with van der Waals surface area (Å²) in [7, 11) is 0. The number of rotatable bonds is 3. The van der Waals surface area contributed by atoms with Crippen LogP contribution in [-0.2, 0) is 6.42 Å². The van der Waals surface area contributed by atoms with E-state index in [9.17, 15) is 0 Å². The van der Waals surface area contributed by atoms with E-state index >= 15 is 0 Å². The largest absolute Gasteiger partial charge is 0.325 e. The Hall–Kier alpha value is -1.02. The summed E-state index contributed by atoms with van der Waals surface area (Å²) in [6.07, 6.45) is 4.78. The zero-order valence-corrected chi connectivity index (χ0v) is 10.9. The quantitative estimate of drug-likeness (QED) is 0.755. The maximum Gasteiger partial charge on any atom is 0.111 e. The maximum atomic E-state index is 5.88. The van der Waals surface area contributed by atoms with E-state index in [4.69, 9.17) is 16.6 Å². The second-order valence-corrected chi connectivity index (χ2v) is 5.29. The van der Waals surface area contributed by atoms with Crippen molar-refractivity contribution in [3.63, 3.8) is 0 Å². The van der Waals surface area contributed by atoms with Gasteiger partial charge in [-0.1, -0.05) is 6.07 Å². The van der Waals surface area contributed by atoms with Crippen LogP contribution in [0.1, 0.15) is 36.7 Å². The molecule has 3 heteroatoms. The van der Waals surface area contributed by atoms with Crippen LogP contribution in [-0.4, -0.2) is 15.4 Å². The first-order valence-electron chi connectivity index (χ1n) is 6.33. The molecule has 1 fully saturated rings. The number of imidazole rings is 1. The minimum atomic E-state index is 0.648. The number of hydrogen-bond acceptors (Lipinski definition) is 1. The molecular weight excluding hydrogens is 232 g/mol. The predicted octanol–water partition coefficient (Wildman–Crippen LogP) is 3.85. The highest BCUT2D eigenvalue weighted by atomic mass is 35.5. The zero-order valence-electron chi connectivity index (χ0n) is 10.1. The Morgan fingerprint density at radius 2 is 2.24 bits per heavy atom. The van der Waals surface area contributed by atoms with Crippen LogP contribution in [0.3, 0.4) is 0 Å². The van der Waals surface area contributed by atoms with Gasteiger partial charge in [0.05, 0.1) is 11.0 Å². The average Bonchev–Trinajstić information content (AvgIpc) is 2.56. The van der Waals surface area contributed by atoms with Crippen molar-refractivity contribution in [1.29, 1.82) is 0 Å². The average molecular weight is 249 g/mol. The van der Waals surface area contributed by atoms with E-state index in [1.165, 1.54) is 30.3 Å². The van der Waals surface area contributed by atoms with Gasteiger partial charge in [-0.05, 0) is 43.9 Å². The molecule has 0 saturated heterocycles. The van der Waals surface area contributed by atoms with E-state index in [2.05, 4.69) is 29.7 Å². The SMILES string of the molecule is Cc1ccc2nc(CCCl)n(C3CCC3)c2c1. The standard InChI is InChI=1S/C14H17ClN2/c1-10-5-6-12-13(9-10)17(11-3-2-4-11)14(16-12)7-8-15/h5-6,9,11H,2-4,7-8H2,1H3. The lowest BCUT2D eigenvalue weighted by Crippen LogP contribution is -2.19. The van der Waals surface area contributed by atoms with Crippen molar-refractivity contribution in [2.45, 2.75) is 38.6 Å². The first-order valence-corrected chi connectivity index (χ1v) is 6.86. The first-order chi connectivity index (χ1) is 8.29. The van der Waals surface area contributed by atoms with E-state index in [1.54, 1.807) is 0 Å². The highest BCUT2D eigenvalue weighted by Crippen LogP contribution is 2.35. The van der Waals surface area contributed by atoms with Crippen molar-refractivity contribution >= 4 is 22.6 Å². The smallest absolute Gasteiger partial charge is 0.111 e. The Balaban J connectivity index is 2.17. The minimum Gasteiger partial charge on any atom is -0.325 e. The van der Waals surface area contributed by atoms with Crippen LogP contribution in [0.4, 0.5) is 0 Å². The van der Waals surface area contributed by atoms with Crippen molar-refractivity contribution in [3.05, 3.63) is 29.6 Å². The molecule has 90 valence electrons. The van der Waals surface area contributed by atoms with Crippen LogP contribution in [0.2, 0.25) is 0 Å². The van der Waals surface area contributed by atoms with Gasteiger partial charge in [0, 0.05) is 18.3 Å². The molecule has 0 N–H and O–H groups in total. The van der Waals surface area contributed by atoms with Crippen LogP contribution >= 0.6 is 11.6 Å². The van der Waals surface area contributed by atoms with Gasteiger partial charge >= 0.3 is 0 Å². The van der Waals surface area contributed by atoms with Crippen molar-refractivity contribution in [1.82, 2.24) is 9.55 Å². The summed E-state index contributed by atoms with van der Waals surface area (Å²) in [5, 5.41) is 0. The molecule has 17 heavy (non-hydrogen) atoms. The molecule has 2 aromatic rings. The molecule has 1 aromatic heterocycles. The molecule has 1 aliphatic rings. The van der Waals surface area contributed by atoms with Gasteiger partial charge in [-0.15, -0.1) is 11.6 Å². The number of aryl methyl sites for hydroxylation is 2. The van der Waals surface area contributed by atoms with Crippen LogP contribution in [0, 0.1) is 6.92 Å². The topological polar surface area (TPSA) is 17.8 Å². The molecule has 0 unspecified atom stereocenters. The molecule has 3 rings (SSSR count). The van der Waals surface area contributed by atoms with Gasteiger partial charge in [0.25, 0.3) is 0 Å². The van der Waals surface area contributed by atoms with Crippen LogP contribution < -0.4 is 0 Å². The van der Waals surface area contributed by atoms with Crippen LogP contribution in [0.15, 0.2) is 18.2 Å². The van der Waals surface area contributed by atoms with Crippen molar-refractivity contribution in [2.24, 2.45) is 0 Å². The predicted molar refractivity (Wildman–Crippen MR) is 71.8 cm³/mol. The lowest BCUT2D eigenvalue weighted by molar-refractivity contribution is 0.314. The molecule has 0 atom stereocenters. The van der Waals surface area contributed by atoms with Crippen molar-refractivity contribution < 1.29 is 0 Å². The molecule has 0 bridgehead atoms. The van der Waals surface area contributed by atoms with Gasteiger partial charge in [0.1, 0.15) is 5.82 Å². The molecule has 0 spiro atoms. The monoisotopic (exact) mass is 248 g/mol. The Labute approximate surface area is 107 Å². The number of halogens is 1. The highest BCUT2D eigenvalue weighted by Gasteiger charge is 2.24. The van der Waals surface area contributed by atoms with Gasteiger partial charge in [0.2, 0.25) is 0 Å². The number of nitrogens with zero attached hydrogens (tertiary/aromatic N) is 2. The van der Waals surface area contributed by atoms with E-state index in [0.717, 1.165) is 17.8 Å². The highest BCUT2D eigenvalue weighted by molar-refractivity contribution is 6.17. The maximum absolute atomic E-state index is 5.88. The van der Waals surface area contributed by atoms with Gasteiger partial charge in [-0.2, -0.15) is 0 Å². The van der Waals surface area contributed by atoms with Gasteiger partial charge in [-0.3, -0.25) is 0 Å². The molecular formula is C14H17ClN2.